The van der Waals surface area contributed by atoms with Gasteiger partial charge in [0.1, 0.15) is 19.0 Å². The van der Waals surface area contributed by atoms with E-state index in [1.54, 1.807) is 25.3 Å². The van der Waals surface area contributed by atoms with Gasteiger partial charge in [0.05, 0.1) is 12.8 Å². The van der Waals surface area contributed by atoms with Crippen molar-refractivity contribution >= 4 is 23.2 Å². The summed E-state index contributed by atoms with van der Waals surface area (Å²) in [6, 6.07) is 11.4. The van der Waals surface area contributed by atoms with Crippen LogP contribution in [-0.2, 0) is 11.3 Å². The molecule has 1 N–H and O–H groups in total. The van der Waals surface area contributed by atoms with Gasteiger partial charge in [-0.25, -0.2) is 0 Å². The van der Waals surface area contributed by atoms with Crippen molar-refractivity contribution in [3.05, 3.63) is 47.0 Å². The number of likely N-dealkylation sites (tertiary alicyclic amines) is 1. The van der Waals surface area contributed by atoms with Gasteiger partial charge in [0.15, 0.2) is 11.5 Å². The number of nitrogens with zero attached hydrogens (tertiary/aromatic N) is 1. The molecule has 1 fully saturated rings. The SMILES string of the molecule is COc1ccc(Cl)cc1NC(=O)CC[C@H]1CCCN(Cc2ccc3c(c2)OCCO3)C1. The molecule has 0 spiro atoms. The second-order valence-corrected chi connectivity index (χ2v) is 8.59. The minimum atomic E-state index is -0.00970. The molecule has 2 aromatic carbocycles. The maximum absolute atomic E-state index is 12.5. The number of methoxy groups -OCH3 is 1. The molecule has 7 heteroatoms. The summed E-state index contributed by atoms with van der Waals surface area (Å²) in [6.07, 6.45) is 3.66. The molecule has 0 bridgehead atoms. The van der Waals surface area contributed by atoms with E-state index in [1.807, 2.05) is 6.07 Å². The Kier molecular flexibility index (Phi) is 7.20. The van der Waals surface area contributed by atoms with E-state index >= 15 is 0 Å². The summed E-state index contributed by atoms with van der Waals surface area (Å²) in [5.74, 6) is 2.78. The predicted molar refractivity (Wildman–Crippen MR) is 121 cm³/mol. The van der Waals surface area contributed by atoms with Crippen molar-refractivity contribution in [3.63, 3.8) is 0 Å². The van der Waals surface area contributed by atoms with Crippen molar-refractivity contribution in [2.75, 3.05) is 38.7 Å². The maximum Gasteiger partial charge on any atom is 0.224 e. The molecular weight excluding hydrogens is 416 g/mol. The van der Waals surface area contributed by atoms with Crippen LogP contribution in [0.15, 0.2) is 36.4 Å². The molecule has 0 unspecified atom stereocenters. The Morgan fingerprint density at radius 2 is 2.03 bits per heavy atom. The number of carbonyl (C=O) groups excluding carboxylic acids is 1. The standard InChI is InChI=1S/C24H29ClN2O4/c1-29-21-8-6-19(25)14-20(21)26-24(28)9-5-17-3-2-10-27(15-17)16-18-4-7-22-23(13-18)31-12-11-30-22/h4,6-8,13-14,17H,2-3,5,9-12,15-16H2,1H3,(H,26,28)/t17-/m1/s1. The third-order valence-corrected chi connectivity index (χ3v) is 6.07. The van der Waals surface area contributed by atoms with Crippen LogP contribution in [0.5, 0.6) is 17.2 Å². The fourth-order valence-corrected chi connectivity index (χ4v) is 4.47. The zero-order chi connectivity index (χ0) is 21.6. The number of fused-ring (bicyclic) bond motifs is 1. The smallest absolute Gasteiger partial charge is 0.224 e. The van der Waals surface area contributed by atoms with Crippen LogP contribution in [0, 0.1) is 5.92 Å². The average molecular weight is 445 g/mol. The first kappa shape index (κ1) is 21.8. The zero-order valence-electron chi connectivity index (χ0n) is 17.9. The molecule has 2 heterocycles. The number of hydrogen-bond donors (Lipinski definition) is 1. The molecule has 31 heavy (non-hydrogen) atoms. The van der Waals surface area contributed by atoms with Gasteiger partial charge in [0.2, 0.25) is 5.91 Å². The topological polar surface area (TPSA) is 60.0 Å². The van der Waals surface area contributed by atoms with Gasteiger partial charge in [-0.15, -0.1) is 0 Å². The average Bonchev–Trinajstić information content (AvgIpc) is 2.78. The number of ether oxygens (including phenoxy) is 3. The van der Waals surface area contributed by atoms with Crippen LogP contribution < -0.4 is 19.5 Å². The van der Waals surface area contributed by atoms with Gasteiger partial charge in [-0.1, -0.05) is 17.7 Å². The van der Waals surface area contributed by atoms with Gasteiger partial charge < -0.3 is 19.5 Å². The Morgan fingerprint density at radius 3 is 2.87 bits per heavy atom. The third kappa shape index (κ3) is 5.83. The lowest BCUT2D eigenvalue weighted by molar-refractivity contribution is -0.116. The summed E-state index contributed by atoms with van der Waals surface area (Å²) in [6.45, 7) is 4.18. The van der Waals surface area contributed by atoms with Crippen molar-refractivity contribution in [1.29, 1.82) is 0 Å². The van der Waals surface area contributed by atoms with Crippen molar-refractivity contribution in [2.45, 2.75) is 32.2 Å². The summed E-state index contributed by atoms with van der Waals surface area (Å²) >= 11 is 6.05. The molecule has 0 aliphatic carbocycles. The van der Waals surface area contributed by atoms with Gasteiger partial charge >= 0.3 is 0 Å². The van der Waals surface area contributed by atoms with Gasteiger partial charge in [-0.2, -0.15) is 0 Å². The molecule has 6 nitrogen and oxygen atoms in total. The largest absolute Gasteiger partial charge is 0.495 e. The number of anilines is 1. The highest BCUT2D eigenvalue weighted by molar-refractivity contribution is 6.31. The minimum Gasteiger partial charge on any atom is -0.495 e. The van der Waals surface area contributed by atoms with E-state index < -0.39 is 0 Å². The van der Waals surface area contributed by atoms with Crippen LogP contribution >= 0.6 is 11.6 Å². The molecule has 4 rings (SSSR count). The molecule has 0 saturated carbocycles. The van der Waals surface area contributed by atoms with E-state index in [9.17, 15) is 4.79 Å². The number of nitrogens with one attached hydrogen (secondary N) is 1. The Balaban J connectivity index is 1.27. The summed E-state index contributed by atoms with van der Waals surface area (Å²) in [5.41, 5.74) is 1.85. The van der Waals surface area contributed by atoms with Crippen molar-refractivity contribution < 1.29 is 19.0 Å². The summed E-state index contributed by atoms with van der Waals surface area (Å²) in [4.78, 5) is 15.0. The molecule has 1 saturated heterocycles. The van der Waals surface area contributed by atoms with Crippen LogP contribution in [0.25, 0.3) is 0 Å². The Labute approximate surface area is 188 Å². The van der Waals surface area contributed by atoms with E-state index in [-0.39, 0.29) is 5.91 Å². The number of carbonyl (C=O) groups is 1. The van der Waals surface area contributed by atoms with Gasteiger partial charge in [0, 0.05) is 24.5 Å². The van der Waals surface area contributed by atoms with Crippen LogP contribution in [0.1, 0.15) is 31.2 Å². The van der Waals surface area contributed by atoms with Crippen molar-refractivity contribution in [2.24, 2.45) is 5.92 Å². The second kappa shape index (κ2) is 10.2. The molecule has 1 amide bonds. The fourth-order valence-electron chi connectivity index (χ4n) is 4.30. The molecule has 2 aliphatic heterocycles. The predicted octanol–water partition coefficient (Wildman–Crippen LogP) is 4.75. The lowest BCUT2D eigenvalue weighted by Crippen LogP contribution is -2.35. The van der Waals surface area contributed by atoms with Crippen molar-refractivity contribution in [3.8, 4) is 17.2 Å². The summed E-state index contributed by atoms with van der Waals surface area (Å²) < 4.78 is 16.6. The lowest BCUT2D eigenvalue weighted by atomic mass is 9.93. The van der Waals surface area contributed by atoms with E-state index in [4.69, 9.17) is 25.8 Å². The molecule has 0 radical (unpaired) electrons. The first-order chi connectivity index (χ1) is 15.1. The van der Waals surface area contributed by atoms with Gasteiger partial charge in [-0.05, 0) is 67.6 Å². The Bertz CT molecular complexity index is 920. The summed E-state index contributed by atoms with van der Waals surface area (Å²) in [5, 5.41) is 3.50. The highest BCUT2D eigenvalue weighted by atomic mass is 35.5. The van der Waals surface area contributed by atoms with Crippen LogP contribution in [-0.4, -0.2) is 44.2 Å². The van der Waals surface area contributed by atoms with E-state index in [0.717, 1.165) is 50.4 Å². The van der Waals surface area contributed by atoms with Crippen molar-refractivity contribution in [1.82, 2.24) is 4.90 Å². The highest BCUT2D eigenvalue weighted by Crippen LogP contribution is 2.32. The third-order valence-electron chi connectivity index (χ3n) is 5.83. The Hall–Kier alpha value is -2.44. The number of amides is 1. The monoisotopic (exact) mass is 444 g/mol. The molecule has 166 valence electrons. The van der Waals surface area contributed by atoms with Crippen LogP contribution in [0.4, 0.5) is 5.69 Å². The number of hydrogen-bond acceptors (Lipinski definition) is 5. The second-order valence-electron chi connectivity index (χ2n) is 8.15. The molecule has 0 aromatic heterocycles. The quantitative estimate of drug-likeness (QED) is 0.667. The lowest BCUT2D eigenvalue weighted by Gasteiger charge is -2.33. The number of rotatable bonds is 7. The van der Waals surface area contributed by atoms with Crippen LogP contribution in [0.2, 0.25) is 5.02 Å². The number of piperidine rings is 1. The minimum absolute atomic E-state index is 0.00970. The molecule has 1 atom stereocenters. The van der Waals surface area contributed by atoms with E-state index in [2.05, 4.69) is 22.3 Å². The van der Waals surface area contributed by atoms with Gasteiger partial charge in [0.25, 0.3) is 0 Å². The first-order valence-corrected chi connectivity index (χ1v) is 11.2. The van der Waals surface area contributed by atoms with Gasteiger partial charge in [-0.3, -0.25) is 9.69 Å². The number of halogens is 1. The maximum atomic E-state index is 12.5. The van der Waals surface area contributed by atoms with E-state index in [0.29, 0.717) is 42.0 Å². The fraction of sp³-hybridized carbons (Fsp3) is 0.458. The number of benzene rings is 2. The highest BCUT2D eigenvalue weighted by Gasteiger charge is 2.22. The molecule has 2 aromatic rings. The Morgan fingerprint density at radius 1 is 1.19 bits per heavy atom. The normalized spacial score (nSPS) is 18.5. The van der Waals surface area contributed by atoms with E-state index in [1.165, 1.54) is 5.56 Å². The molecule has 2 aliphatic rings. The zero-order valence-corrected chi connectivity index (χ0v) is 18.6. The first-order valence-electron chi connectivity index (χ1n) is 10.8. The summed E-state index contributed by atoms with van der Waals surface area (Å²) in [7, 11) is 1.58. The van der Waals surface area contributed by atoms with Crippen LogP contribution in [0.3, 0.4) is 0 Å². The molecular formula is C24H29ClN2O4.